The molecule has 1 aliphatic carbocycles. The van der Waals surface area contributed by atoms with Crippen molar-refractivity contribution >= 4 is 12.0 Å². The number of nitrogens with zero attached hydrogens (tertiary/aromatic N) is 5. The van der Waals surface area contributed by atoms with Crippen LogP contribution in [0.15, 0.2) is 36.7 Å². The number of aryl methyl sites for hydroxylation is 1. The summed E-state index contributed by atoms with van der Waals surface area (Å²) in [5, 5.41) is 13.8. The van der Waals surface area contributed by atoms with Crippen LogP contribution in [0.4, 0.5) is 10.7 Å². The van der Waals surface area contributed by atoms with E-state index in [2.05, 4.69) is 55.0 Å². The summed E-state index contributed by atoms with van der Waals surface area (Å²) in [5.74, 6) is 0.618. The number of H-pyrrole nitrogens is 1. The van der Waals surface area contributed by atoms with Crippen molar-refractivity contribution in [3.05, 3.63) is 64.7 Å². The number of rotatable bonds is 6. The number of nitrogens with one attached hydrogen (secondary N) is 2. The minimum atomic E-state index is -0.327. The Kier molecular flexibility index (Phi) is 5.23. The second-order valence-electron chi connectivity index (χ2n) is 8.24. The van der Waals surface area contributed by atoms with Crippen LogP contribution in [0.3, 0.4) is 0 Å². The molecular weight excluding hydrogens is 394 g/mol. The Morgan fingerprint density at radius 2 is 2.06 bits per heavy atom. The van der Waals surface area contributed by atoms with Gasteiger partial charge in [-0.1, -0.05) is 29.5 Å². The molecule has 0 fully saturated rings. The summed E-state index contributed by atoms with van der Waals surface area (Å²) in [6.07, 6.45) is 6.37. The second kappa shape index (κ2) is 8.33. The molecule has 0 bridgehead atoms. The van der Waals surface area contributed by atoms with Gasteiger partial charge >= 0.3 is 6.09 Å². The lowest BCUT2D eigenvalue weighted by Crippen LogP contribution is -2.29. The van der Waals surface area contributed by atoms with E-state index in [1.165, 1.54) is 11.1 Å². The minimum Gasteiger partial charge on any atom is -0.446 e. The zero-order valence-electron chi connectivity index (χ0n) is 17.4. The molecule has 0 saturated heterocycles. The first-order chi connectivity index (χ1) is 15.1. The third-order valence-electron chi connectivity index (χ3n) is 5.87. The molecule has 160 valence electrons. The quantitative estimate of drug-likeness (QED) is 0.632. The zero-order chi connectivity index (χ0) is 21.2. The van der Waals surface area contributed by atoms with Gasteiger partial charge in [-0.3, -0.25) is 10.00 Å². The fourth-order valence-electron chi connectivity index (χ4n) is 4.20. The fraction of sp³-hybridized carbons (Fsp3) is 0.409. The van der Waals surface area contributed by atoms with Crippen LogP contribution in [0.1, 0.15) is 41.4 Å². The topological polar surface area (TPSA) is 109 Å². The van der Waals surface area contributed by atoms with E-state index < -0.39 is 0 Å². The number of benzene rings is 1. The van der Waals surface area contributed by atoms with Gasteiger partial charge < -0.3 is 10.1 Å². The molecule has 2 N–H and O–H groups in total. The number of aromatic nitrogens is 5. The SMILES string of the molecule is CC(CCc1c[nH]nn1)OC(=O)N1Cc2cnc(NC3Cc4ccccc4C3)nc2C1. The zero-order valence-corrected chi connectivity index (χ0v) is 17.4. The third-order valence-corrected chi connectivity index (χ3v) is 5.87. The monoisotopic (exact) mass is 419 g/mol. The van der Waals surface area contributed by atoms with E-state index >= 15 is 0 Å². The van der Waals surface area contributed by atoms with Crippen molar-refractivity contribution in [2.45, 2.75) is 57.8 Å². The van der Waals surface area contributed by atoms with Crippen LogP contribution in [-0.2, 0) is 37.1 Å². The number of anilines is 1. The summed E-state index contributed by atoms with van der Waals surface area (Å²) in [6.45, 7) is 2.80. The van der Waals surface area contributed by atoms with E-state index in [9.17, 15) is 4.79 Å². The summed E-state index contributed by atoms with van der Waals surface area (Å²) in [4.78, 5) is 23.4. The summed E-state index contributed by atoms with van der Waals surface area (Å²) in [5.41, 5.74) is 5.46. The first kappa shape index (κ1) is 19.5. The number of hydrogen-bond donors (Lipinski definition) is 2. The summed E-state index contributed by atoms with van der Waals surface area (Å²) in [6, 6.07) is 8.81. The first-order valence-electron chi connectivity index (χ1n) is 10.6. The number of ether oxygens (including phenoxy) is 1. The largest absolute Gasteiger partial charge is 0.446 e. The van der Waals surface area contributed by atoms with E-state index in [-0.39, 0.29) is 12.2 Å². The molecule has 9 heteroatoms. The maximum atomic E-state index is 12.6. The van der Waals surface area contributed by atoms with Crippen LogP contribution >= 0.6 is 0 Å². The Morgan fingerprint density at radius 3 is 2.81 bits per heavy atom. The van der Waals surface area contributed by atoms with Crippen LogP contribution in [-0.4, -0.2) is 48.5 Å². The van der Waals surface area contributed by atoms with E-state index in [0.717, 1.165) is 29.8 Å². The third kappa shape index (κ3) is 4.35. The van der Waals surface area contributed by atoms with Crippen molar-refractivity contribution in [2.24, 2.45) is 0 Å². The van der Waals surface area contributed by atoms with Gasteiger partial charge in [0.1, 0.15) is 6.10 Å². The first-order valence-corrected chi connectivity index (χ1v) is 10.6. The fourth-order valence-corrected chi connectivity index (χ4v) is 4.20. The van der Waals surface area contributed by atoms with Gasteiger partial charge in [-0.25, -0.2) is 14.8 Å². The number of aromatic amines is 1. The van der Waals surface area contributed by atoms with Gasteiger partial charge in [0.2, 0.25) is 5.95 Å². The number of carbonyl (C=O) groups is 1. The van der Waals surface area contributed by atoms with Crippen molar-refractivity contribution in [1.82, 2.24) is 30.3 Å². The average molecular weight is 419 g/mol. The maximum absolute atomic E-state index is 12.6. The Hall–Kier alpha value is -3.49. The van der Waals surface area contributed by atoms with Gasteiger partial charge in [-0.2, -0.15) is 0 Å². The maximum Gasteiger partial charge on any atom is 0.410 e. The van der Waals surface area contributed by atoms with E-state index in [4.69, 9.17) is 4.74 Å². The molecule has 3 heterocycles. The van der Waals surface area contributed by atoms with Crippen LogP contribution in [0.2, 0.25) is 0 Å². The molecule has 1 amide bonds. The smallest absolute Gasteiger partial charge is 0.410 e. The van der Waals surface area contributed by atoms with Gasteiger partial charge in [0.15, 0.2) is 0 Å². The highest BCUT2D eigenvalue weighted by Gasteiger charge is 2.28. The minimum absolute atomic E-state index is 0.208. The van der Waals surface area contributed by atoms with E-state index in [0.29, 0.717) is 37.9 Å². The van der Waals surface area contributed by atoms with E-state index in [1.54, 1.807) is 11.1 Å². The Morgan fingerprint density at radius 1 is 1.26 bits per heavy atom. The predicted octanol–water partition coefficient (Wildman–Crippen LogP) is 2.65. The van der Waals surface area contributed by atoms with Crippen molar-refractivity contribution < 1.29 is 9.53 Å². The molecule has 3 aromatic rings. The summed E-state index contributed by atoms with van der Waals surface area (Å²) in [7, 11) is 0. The molecule has 0 radical (unpaired) electrons. The molecule has 2 aliphatic rings. The molecule has 5 rings (SSSR count). The van der Waals surface area contributed by atoms with Crippen LogP contribution in [0.25, 0.3) is 0 Å². The molecule has 0 spiro atoms. The molecule has 2 aromatic heterocycles. The lowest BCUT2D eigenvalue weighted by Gasteiger charge is -2.19. The highest BCUT2D eigenvalue weighted by molar-refractivity contribution is 5.68. The Balaban J connectivity index is 1.14. The van der Waals surface area contributed by atoms with Gasteiger partial charge in [0.05, 0.1) is 24.5 Å². The normalized spacial score (nSPS) is 16.1. The Labute approximate surface area is 180 Å². The second-order valence-corrected chi connectivity index (χ2v) is 8.24. The summed E-state index contributed by atoms with van der Waals surface area (Å²) >= 11 is 0. The van der Waals surface area contributed by atoms with Crippen molar-refractivity contribution in [3.8, 4) is 0 Å². The molecule has 1 aliphatic heterocycles. The van der Waals surface area contributed by atoms with Gasteiger partial charge in [0, 0.05) is 24.0 Å². The average Bonchev–Trinajstić information content (AvgIpc) is 3.50. The lowest BCUT2D eigenvalue weighted by atomic mass is 10.1. The van der Waals surface area contributed by atoms with Gasteiger partial charge in [0.25, 0.3) is 0 Å². The number of amides is 1. The number of hydrogen-bond acceptors (Lipinski definition) is 7. The molecular formula is C22H25N7O2. The molecule has 9 nitrogen and oxygen atoms in total. The van der Waals surface area contributed by atoms with Crippen LogP contribution in [0, 0.1) is 0 Å². The van der Waals surface area contributed by atoms with Gasteiger partial charge in [-0.05, 0) is 43.7 Å². The van der Waals surface area contributed by atoms with Gasteiger partial charge in [-0.15, -0.1) is 5.10 Å². The van der Waals surface area contributed by atoms with Crippen LogP contribution < -0.4 is 5.32 Å². The molecule has 1 atom stereocenters. The standard InChI is InChI=1S/C22H25N7O2/c1-14(6-7-18-11-24-28-27-18)31-22(30)29-12-17-10-23-21(26-20(17)13-29)25-19-8-15-4-2-3-5-16(15)9-19/h2-5,10-11,14,19H,6-9,12-13H2,1H3,(H,23,25,26)(H,24,27,28). The van der Waals surface area contributed by atoms with Crippen molar-refractivity contribution in [2.75, 3.05) is 5.32 Å². The Bertz CT molecular complexity index is 1040. The van der Waals surface area contributed by atoms with Crippen molar-refractivity contribution in [1.29, 1.82) is 0 Å². The molecule has 1 unspecified atom stereocenters. The molecule has 0 saturated carbocycles. The summed E-state index contributed by atoms with van der Waals surface area (Å²) < 4.78 is 5.60. The number of fused-ring (bicyclic) bond motifs is 2. The predicted molar refractivity (Wildman–Crippen MR) is 113 cm³/mol. The van der Waals surface area contributed by atoms with Crippen molar-refractivity contribution in [3.63, 3.8) is 0 Å². The highest BCUT2D eigenvalue weighted by atomic mass is 16.6. The number of carbonyl (C=O) groups excluding carboxylic acids is 1. The molecule has 1 aromatic carbocycles. The van der Waals surface area contributed by atoms with Crippen LogP contribution in [0.5, 0.6) is 0 Å². The van der Waals surface area contributed by atoms with E-state index in [1.807, 2.05) is 13.1 Å². The molecule has 31 heavy (non-hydrogen) atoms. The lowest BCUT2D eigenvalue weighted by molar-refractivity contribution is 0.0655. The highest BCUT2D eigenvalue weighted by Crippen LogP contribution is 2.26.